The molecule has 0 unspecified atom stereocenters. The number of benzene rings is 8. The summed E-state index contributed by atoms with van der Waals surface area (Å²) in [5.41, 5.74) is 27.4. The van der Waals surface area contributed by atoms with E-state index in [1.54, 1.807) is 0 Å². The molecule has 0 aliphatic carbocycles. The molecule has 0 aromatic heterocycles. The van der Waals surface area contributed by atoms with Crippen molar-refractivity contribution in [3.8, 4) is 0 Å². The predicted octanol–water partition coefficient (Wildman–Crippen LogP) is 9.93. The second kappa shape index (κ2) is 13.8. The van der Waals surface area contributed by atoms with E-state index in [9.17, 15) is 0 Å². The molecule has 0 saturated heterocycles. The Hall–Kier alpha value is -5.07. The molecule has 0 heterocycles. The zero-order chi connectivity index (χ0) is 40.1. The Balaban J connectivity index is 1.53. The van der Waals surface area contributed by atoms with Crippen LogP contribution in [0.2, 0.25) is 0 Å². The summed E-state index contributed by atoms with van der Waals surface area (Å²) in [5, 5.41) is 8.26. The quantitative estimate of drug-likeness (QED) is 0.118. The van der Waals surface area contributed by atoms with Crippen molar-refractivity contribution in [2.24, 2.45) is 0 Å². The second-order valence-corrected chi connectivity index (χ2v) is 17.8. The summed E-state index contributed by atoms with van der Waals surface area (Å²) in [7, 11) is 0. The van der Waals surface area contributed by atoms with E-state index in [4.69, 9.17) is 0 Å². The van der Waals surface area contributed by atoms with E-state index in [0.29, 0.717) is 0 Å². The van der Waals surface area contributed by atoms with Gasteiger partial charge >= 0.3 is 0 Å². The number of rotatable bonds is 6. The van der Waals surface area contributed by atoms with Crippen molar-refractivity contribution in [1.82, 2.24) is 0 Å². The van der Waals surface area contributed by atoms with Crippen LogP contribution in [0.3, 0.4) is 0 Å². The highest BCUT2D eigenvalue weighted by molar-refractivity contribution is 6.99. The summed E-state index contributed by atoms with van der Waals surface area (Å²) >= 11 is 0. The van der Waals surface area contributed by atoms with Crippen LogP contribution in [0.15, 0.2) is 84.9 Å². The molecule has 8 aromatic rings. The van der Waals surface area contributed by atoms with Gasteiger partial charge in [-0.05, 0) is 140 Å². The third-order valence-electron chi connectivity index (χ3n) is 13.1. The second-order valence-electron chi connectivity index (χ2n) is 17.8. The van der Waals surface area contributed by atoms with Gasteiger partial charge < -0.3 is 0 Å². The van der Waals surface area contributed by atoms with Crippen LogP contribution < -0.4 is 32.8 Å². The summed E-state index contributed by atoms with van der Waals surface area (Å²) < 4.78 is 0. The molecule has 0 radical (unpaired) electrons. The maximum atomic E-state index is 2.53. The highest BCUT2D eigenvalue weighted by Crippen LogP contribution is 2.37. The summed E-state index contributed by atoms with van der Waals surface area (Å²) in [5.74, 6) is 0. The average molecular weight is 727 g/mol. The molecule has 0 spiro atoms. The van der Waals surface area contributed by atoms with E-state index in [0.717, 1.165) is 0 Å². The fourth-order valence-corrected chi connectivity index (χ4v) is 11.4. The topological polar surface area (TPSA) is 0 Å². The van der Waals surface area contributed by atoms with Crippen molar-refractivity contribution >= 4 is 78.5 Å². The molecule has 0 saturated carbocycles. The van der Waals surface area contributed by atoms with Crippen molar-refractivity contribution < 1.29 is 0 Å². The monoisotopic (exact) mass is 726 g/mol. The molecule has 0 fully saturated rings. The molecule has 0 atom stereocenters. The van der Waals surface area contributed by atoms with Gasteiger partial charge in [0.2, 0.25) is 13.4 Å². The van der Waals surface area contributed by atoms with Gasteiger partial charge in [0.1, 0.15) is 0 Å². The lowest BCUT2D eigenvalue weighted by molar-refractivity contribution is 1.34. The lowest BCUT2D eigenvalue weighted by atomic mass is 9.33. The van der Waals surface area contributed by atoms with Gasteiger partial charge in [-0.25, -0.2) is 0 Å². The first-order chi connectivity index (χ1) is 26.5. The van der Waals surface area contributed by atoms with Crippen LogP contribution in [0, 0.1) is 96.9 Å². The van der Waals surface area contributed by atoms with Crippen LogP contribution in [0.25, 0.3) is 32.3 Å². The molecule has 278 valence electrons. The molecular formula is C54H56B2. The first kappa shape index (κ1) is 37.8. The lowest BCUT2D eigenvalue weighted by Gasteiger charge is -2.28. The predicted molar refractivity (Wildman–Crippen MR) is 252 cm³/mol. The van der Waals surface area contributed by atoms with E-state index in [1.807, 2.05) is 0 Å². The Labute approximate surface area is 336 Å². The molecule has 8 aromatic carbocycles. The zero-order valence-electron chi connectivity index (χ0n) is 36.2. The fraction of sp³-hybridized carbons (Fsp3) is 0.259. The minimum atomic E-state index is 0.100. The summed E-state index contributed by atoms with van der Waals surface area (Å²) in [6.45, 7) is 32.4. The van der Waals surface area contributed by atoms with Gasteiger partial charge in [-0.3, -0.25) is 0 Å². The molecule has 2 heteroatoms. The van der Waals surface area contributed by atoms with E-state index >= 15 is 0 Å². The fourth-order valence-electron chi connectivity index (χ4n) is 11.4. The van der Waals surface area contributed by atoms with E-state index < -0.39 is 0 Å². The van der Waals surface area contributed by atoms with Crippen LogP contribution in [0.4, 0.5) is 0 Å². The zero-order valence-corrected chi connectivity index (χ0v) is 36.2. The summed E-state index contributed by atoms with van der Waals surface area (Å²) in [6.07, 6.45) is 0. The van der Waals surface area contributed by atoms with Crippen LogP contribution in [-0.4, -0.2) is 13.4 Å². The maximum absolute atomic E-state index is 2.53. The van der Waals surface area contributed by atoms with Gasteiger partial charge in [-0.15, -0.1) is 0 Å². The van der Waals surface area contributed by atoms with Gasteiger partial charge in [-0.2, -0.15) is 0 Å². The number of aryl methyl sites for hydroxylation is 14. The minimum absolute atomic E-state index is 0.100. The molecule has 0 amide bonds. The van der Waals surface area contributed by atoms with Crippen molar-refractivity contribution in [2.45, 2.75) is 96.9 Å². The number of hydrogen-bond acceptors (Lipinski definition) is 0. The Morgan fingerprint density at radius 1 is 0.250 bits per heavy atom. The third kappa shape index (κ3) is 6.00. The Bertz CT molecular complexity index is 2500. The van der Waals surface area contributed by atoms with Crippen LogP contribution in [0.5, 0.6) is 0 Å². The van der Waals surface area contributed by atoms with Crippen molar-refractivity contribution in [3.05, 3.63) is 163 Å². The summed E-state index contributed by atoms with van der Waals surface area (Å²) in [6, 6.07) is 33.9. The van der Waals surface area contributed by atoms with Crippen LogP contribution >= 0.6 is 0 Å². The van der Waals surface area contributed by atoms with Gasteiger partial charge in [0, 0.05) is 0 Å². The minimum Gasteiger partial charge on any atom is -0.0629 e. The molecule has 8 rings (SSSR count). The largest absolute Gasteiger partial charge is 0.243 e. The average Bonchev–Trinajstić information content (AvgIpc) is 3.09. The SMILES string of the molecule is Cc1cc(C)c(B(c2c(C)cc(C)cc2C)c2cc(C)c3ccc4c(B(c5c(C)cc(C)cc5C)c5c(C)cc(C)cc5C)cc(C)c5ccc2c3c54)c(C)c1. The van der Waals surface area contributed by atoms with Gasteiger partial charge in [-0.1, -0.05) is 184 Å². The van der Waals surface area contributed by atoms with Gasteiger partial charge in [0.15, 0.2) is 0 Å². The van der Waals surface area contributed by atoms with Crippen LogP contribution in [0.1, 0.15) is 77.9 Å². The molecule has 0 nitrogen and oxygen atoms in total. The van der Waals surface area contributed by atoms with E-state index in [-0.39, 0.29) is 13.4 Å². The molecule has 56 heavy (non-hydrogen) atoms. The summed E-state index contributed by atoms with van der Waals surface area (Å²) in [4.78, 5) is 0. The first-order valence-electron chi connectivity index (χ1n) is 20.6. The Kier molecular flexibility index (Phi) is 9.35. The van der Waals surface area contributed by atoms with Crippen molar-refractivity contribution in [3.63, 3.8) is 0 Å². The Morgan fingerprint density at radius 2 is 0.464 bits per heavy atom. The van der Waals surface area contributed by atoms with E-state index in [1.165, 1.54) is 143 Å². The molecule has 0 aliphatic heterocycles. The van der Waals surface area contributed by atoms with Crippen LogP contribution in [-0.2, 0) is 0 Å². The normalized spacial score (nSPS) is 11.8. The smallest absolute Gasteiger partial charge is 0.0629 e. The first-order valence-corrected chi connectivity index (χ1v) is 20.6. The van der Waals surface area contributed by atoms with Crippen molar-refractivity contribution in [1.29, 1.82) is 0 Å². The third-order valence-corrected chi connectivity index (χ3v) is 13.1. The Morgan fingerprint density at radius 3 is 0.696 bits per heavy atom. The molecule has 0 bridgehead atoms. The molecule has 0 aliphatic rings. The van der Waals surface area contributed by atoms with Gasteiger partial charge in [0.05, 0.1) is 0 Å². The molecule has 0 N–H and O–H groups in total. The molecular weight excluding hydrogens is 670 g/mol. The number of hydrogen-bond donors (Lipinski definition) is 0. The van der Waals surface area contributed by atoms with Crippen molar-refractivity contribution in [2.75, 3.05) is 0 Å². The standard InChI is InChI=1S/C54H56B2/c1-29-19-35(7)51(36(8)20-29)55(52-37(9)21-30(2)22-38(52)10)47-27-33(5)43-16-18-46-48(28-34(6)44-15-17-45(47)49(43)50(44)46)56(53-39(11)23-31(3)24-40(53)12)54-41(13)25-32(4)26-42(54)14/h15-28H,1-14H3. The van der Waals surface area contributed by atoms with Gasteiger partial charge in [0.25, 0.3) is 0 Å². The highest BCUT2D eigenvalue weighted by Gasteiger charge is 2.33. The highest BCUT2D eigenvalue weighted by atomic mass is 14.2. The lowest BCUT2D eigenvalue weighted by Crippen LogP contribution is -2.56. The maximum Gasteiger partial charge on any atom is 0.243 e. The van der Waals surface area contributed by atoms with E-state index in [2.05, 4.69) is 182 Å².